The molecule has 0 aliphatic rings. The van der Waals surface area contributed by atoms with E-state index in [4.69, 9.17) is 4.74 Å². The first-order chi connectivity index (χ1) is 14.9. The number of Topliss-reactive ketones (excluding diaryl/α,β-unsaturated/α-hetero) is 1. The standard InChI is InChI=1S/C24H25N5O2/c1-15-5-7-18(8-6-15)16(2)11-19(30)14-31-21-12-17(3)22-23(20-13-25-9-10-26-20)28-29(4)24(22)27-21/h5-10,12-13,16H,11,14H2,1-4H3/t16-/m1/s1. The van der Waals surface area contributed by atoms with E-state index in [2.05, 4.69) is 58.2 Å². The third-order valence-corrected chi connectivity index (χ3v) is 5.33. The van der Waals surface area contributed by atoms with Crippen LogP contribution < -0.4 is 4.74 Å². The normalized spacial score (nSPS) is 12.1. The van der Waals surface area contributed by atoms with Gasteiger partial charge < -0.3 is 4.74 Å². The minimum Gasteiger partial charge on any atom is -0.470 e. The molecule has 0 unspecified atom stereocenters. The van der Waals surface area contributed by atoms with Crippen LogP contribution in [0.15, 0.2) is 48.9 Å². The molecule has 1 aromatic carbocycles. The summed E-state index contributed by atoms with van der Waals surface area (Å²) in [6, 6.07) is 10.1. The van der Waals surface area contributed by atoms with Crippen LogP contribution in [0.25, 0.3) is 22.4 Å². The molecule has 0 spiro atoms. The molecule has 0 aliphatic heterocycles. The summed E-state index contributed by atoms with van der Waals surface area (Å²) in [4.78, 5) is 25.5. The van der Waals surface area contributed by atoms with E-state index in [0.717, 1.165) is 22.2 Å². The molecule has 4 aromatic rings. The highest BCUT2D eigenvalue weighted by Crippen LogP contribution is 2.30. The third-order valence-electron chi connectivity index (χ3n) is 5.33. The van der Waals surface area contributed by atoms with Crippen LogP contribution in [0.1, 0.15) is 36.0 Å². The molecular weight excluding hydrogens is 390 g/mol. The van der Waals surface area contributed by atoms with Crippen molar-refractivity contribution in [3.8, 4) is 17.3 Å². The number of hydrogen-bond donors (Lipinski definition) is 0. The summed E-state index contributed by atoms with van der Waals surface area (Å²) in [6.45, 7) is 6.07. The SMILES string of the molecule is Cc1ccc([C@H](C)CC(=O)COc2cc(C)c3c(-c4cnccn4)nn(C)c3n2)cc1. The van der Waals surface area contributed by atoms with Crippen LogP contribution in [0.4, 0.5) is 0 Å². The van der Waals surface area contributed by atoms with E-state index < -0.39 is 0 Å². The fourth-order valence-corrected chi connectivity index (χ4v) is 3.64. The van der Waals surface area contributed by atoms with Crippen LogP contribution in [-0.2, 0) is 11.8 Å². The number of pyridine rings is 1. The molecule has 4 rings (SSSR count). The molecule has 0 N–H and O–H groups in total. The molecule has 0 fully saturated rings. The summed E-state index contributed by atoms with van der Waals surface area (Å²) in [5.41, 5.74) is 5.41. The Bertz CT molecular complexity index is 1220. The summed E-state index contributed by atoms with van der Waals surface area (Å²) < 4.78 is 7.45. The number of aromatic nitrogens is 5. The van der Waals surface area contributed by atoms with Crippen molar-refractivity contribution in [3.63, 3.8) is 0 Å². The van der Waals surface area contributed by atoms with Crippen LogP contribution in [0.3, 0.4) is 0 Å². The average Bonchev–Trinajstić information content (AvgIpc) is 3.10. The zero-order chi connectivity index (χ0) is 22.0. The number of ketones is 1. The lowest BCUT2D eigenvalue weighted by molar-refractivity contribution is -0.121. The molecular formula is C24H25N5O2. The Morgan fingerprint density at radius 1 is 1.16 bits per heavy atom. The van der Waals surface area contributed by atoms with Gasteiger partial charge in [0.1, 0.15) is 18.0 Å². The van der Waals surface area contributed by atoms with E-state index in [1.165, 1.54) is 5.56 Å². The minimum absolute atomic E-state index is 0.0109. The van der Waals surface area contributed by atoms with E-state index >= 15 is 0 Å². The quantitative estimate of drug-likeness (QED) is 0.450. The van der Waals surface area contributed by atoms with Crippen molar-refractivity contribution in [2.24, 2.45) is 7.05 Å². The zero-order valence-corrected chi connectivity index (χ0v) is 18.2. The molecule has 0 aliphatic carbocycles. The van der Waals surface area contributed by atoms with Crippen LogP contribution in [0, 0.1) is 13.8 Å². The number of benzene rings is 1. The molecule has 1 atom stereocenters. The van der Waals surface area contributed by atoms with Gasteiger partial charge >= 0.3 is 0 Å². The molecule has 0 radical (unpaired) electrons. The first kappa shape index (κ1) is 20.7. The monoisotopic (exact) mass is 415 g/mol. The summed E-state index contributed by atoms with van der Waals surface area (Å²) in [5, 5.41) is 5.46. The molecule has 0 saturated heterocycles. The van der Waals surface area contributed by atoms with Gasteiger partial charge in [-0.3, -0.25) is 14.8 Å². The van der Waals surface area contributed by atoms with E-state index in [-0.39, 0.29) is 18.3 Å². The third kappa shape index (κ3) is 4.45. The lowest BCUT2D eigenvalue weighted by atomic mass is 9.95. The Kier molecular flexibility index (Phi) is 5.75. The summed E-state index contributed by atoms with van der Waals surface area (Å²) in [6.07, 6.45) is 5.37. The van der Waals surface area contributed by atoms with E-state index in [1.54, 1.807) is 23.3 Å². The number of fused-ring (bicyclic) bond motifs is 1. The van der Waals surface area contributed by atoms with Gasteiger partial charge in [-0.05, 0) is 30.9 Å². The molecule has 3 heterocycles. The lowest BCUT2D eigenvalue weighted by Crippen LogP contribution is -2.14. The van der Waals surface area contributed by atoms with Crippen LogP contribution in [0.5, 0.6) is 5.88 Å². The summed E-state index contributed by atoms with van der Waals surface area (Å²) in [5.74, 6) is 0.591. The number of ether oxygens (including phenoxy) is 1. The number of rotatable bonds is 7. The molecule has 3 aromatic heterocycles. The average molecular weight is 415 g/mol. The fourth-order valence-electron chi connectivity index (χ4n) is 3.64. The molecule has 7 heteroatoms. The van der Waals surface area contributed by atoms with Crippen molar-refractivity contribution < 1.29 is 9.53 Å². The highest BCUT2D eigenvalue weighted by molar-refractivity contribution is 5.93. The van der Waals surface area contributed by atoms with Crippen molar-refractivity contribution in [1.29, 1.82) is 0 Å². The number of hydrogen-bond acceptors (Lipinski definition) is 6. The van der Waals surface area contributed by atoms with Gasteiger partial charge in [0.05, 0.1) is 11.6 Å². The smallest absolute Gasteiger partial charge is 0.215 e. The van der Waals surface area contributed by atoms with Crippen molar-refractivity contribution in [3.05, 3.63) is 65.6 Å². The van der Waals surface area contributed by atoms with Crippen molar-refractivity contribution in [1.82, 2.24) is 24.7 Å². The molecule has 7 nitrogen and oxygen atoms in total. The predicted molar refractivity (Wildman–Crippen MR) is 119 cm³/mol. The summed E-state index contributed by atoms with van der Waals surface area (Å²) in [7, 11) is 1.83. The van der Waals surface area contributed by atoms with Gasteiger partial charge in [0.15, 0.2) is 11.4 Å². The van der Waals surface area contributed by atoms with Gasteiger partial charge in [-0.2, -0.15) is 10.1 Å². The lowest BCUT2D eigenvalue weighted by Gasteiger charge is -2.12. The van der Waals surface area contributed by atoms with E-state index in [9.17, 15) is 4.79 Å². The maximum atomic E-state index is 12.5. The maximum Gasteiger partial charge on any atom is 0.215 e. The number of carbonyl (C=O) groups is 1. The highest BCUT2D eigenvalue weighted by atomic mass is 16.5. The van der Waals surface area contributed by atoms with Gasteiger partial charge in [0.25, 0.3) is 0 Å². The summed E-state index contributed by atoms with van der Waals surface area (Å²) >= 11 is 0. The van der Waals surface area contributed by atoms with Gasteiger partial charge in [-0.1, -0.05) is 36.8 Å². The highest BCUT2D eigenvalue weighted by Gasteiger charge is 2.18. The second-order valence-electron chi connectivity index (χ2n) is 7.88. The Labute approximate surface area is 181 Å². The largest absolute Gasteiger partial charge is 0.470 e. The molecule has 0 saturated carbocycles. The van der Waals surface area contributed by atoms with Crippen LogP contribution in [-0.4, -0.2) is 37.1 Å². The number of aryl methyl sites for hydroxylation is 3. The molecule has 158 valence electrons. The molecule has 0 amide bonds. The predicted octanol–water partition coefficient (Wildman–Crippen LogP) is 4.18. The zero-order valence-electron chi connectivity index (χ0n) is 18.2. The van der Waals surface area contributed by atoms with Crippen LogP contribution >= 0.6 is 0 Å². The topological polar surface area (TPSA) is 82.8 Å². The first-order valence-corrected chi connectivity index (χ1v) is 10.2. The number of nitrogens with zero attached hydrogens (tertiary/aromatic N) is 5. The van der Waals surface area contributed by atoms with Crippen molar-refractivity contribution in [2.75, 3.05) is 6.61 Å². The van der Waals surface area contributed by atoms with E-state index in [1.807, 2.05) is 20.0 Å². The van der Waals surface area contributed by atoms with Gasteiger partial charge in [-0.25, -0.2) is 4.68 Å². The second-order valence-corrected chi connectivity index (χ2v) is 7.88. The van der Waals surface area contributed by atoms with Gasteiger partial charge in [-0.15, -0.1) is 0 Å². The van der Waals surface area contributed by atoms with Gasteiger partial charge in [0.2, 0.25) is 5.88 Å². The molecule has 0 bridgehead atoms. The first-order valence-electron chi connectivity index (χ1n) is 10.2. The fraction of sp³-hybridized carbons (Fsp3) is 0.292. The maximum absolute atomic E-state index is 12.5. The Morgan fingerprint density at radius 3 is 2.65 bits per heavy atom. The van der Waals surface area contributed by atoms with Crippen molar-refractivity contribution in [2.45, 2.75) is 33.1 Å². The van der Waals surface area contributed by atoms with Gasteiger partial charge in [0, 0.05) is 31.9 Å². The Morgan fingerprint density at radius 2 is 1.94 bits per heavy atom. The second kappa shape index (κ2) is 8.63. The van der Waals surface area contributed by atoms with E-state index in [0.29, 0.717) is 23.6 Å². The van der Waals surface area contributed by atoms with Crippen LogP contribution in [0.2, 0.25) is 0 Å². The Balaban J connectivity index is 1.48. The van der Waals surface area contributed by atoms with Crippen molar-refractivity contribution >= 4 is 16.8 Å². The Hall–Kier alpha value is -3.61. The molecule has 31 heavy (non-hydrogen) atoms. The number of carbonyl (C=O) groups excluding carboxylic acids is 1. The minimum atomic E-state index is -0.0109.